The van der Waals surface area contributed by atoms with Gasteiger partial charge in [-0.15, -0.1) is 0 Å². The number of thioether (sulfide) groups is 1. The van der Waals surface area contributed by atoms with Crippen molar-refractivity contribution in [2.75, 3.05) is 4.90 Å². The molecule has 4 rings (SSSR count). The second-order valence-electron chi connectivity index (χ2n) is 6.98. The maximum Gasteiger partial charge on any atom is 0.270 e. The molecule has 1 aliphatic rings. The van der Waals surface area contributed by atoms with Gasteiger partial charge < -0.3 is 4.74 Å². The third kappa shape index (κ3) is 4.08. The molecular formula is C23H17Cl2NO2S2. The van der Waals surface area contributed by atoms with Crippen LogP contribution >= 0.6 is 47.2 Å². The molecule has 0 atom stereocenters. The van der Waals surface area contributed by atoms with Crippen LogP contribution in [0.4, 0.5) is 5.69 Å². The molecule has 0 N–H and O–H groups in total. The molecule has 0 radical (unpaired) electrons. The molecule has 1 amide bonds. The lowest BCUT2D eigenvalue weighted by molar-refractivity contribution is -0.113. The molecule has 152 valence electrons. The Morgan fingerprint density at radius 2 is 1.83 bits per heavy atom. The molecule has 0 unspecified atom stereocenters. The summed E-state index contributed by atoms with van der Waals surface area (Å²) >= 11 is 18.9. The van der Waals surface area contributed by atoms with E-state index < -0.39 is 0 Å². The number of thiocarbonyl (C=S) groups is 1. The second kappa shape index (κ2) is 8.60. The molecule has 0 saturated carbocycles. The number of amides is 1. The fourth-order valence-electron chi connectivity index (χ4n) is 3.23. The van der Waals surface area contributed by atoms with Crippen molar-refractivity contribution in [3.63, 3.8) is 0 Å². The number of carbonyl (C=O) groups excluding carboxylic acids is 1. The zero-order valence-corrected chi connectivity index (χ0v) is 19.3. The van der Waals surface area contributed by atoms with Gasteiger partial charge in [-0.1, -0.05) is 77.5 Å². The van der Waals surface area contributed by atoms with Crippen LogP contribution in [0, 0.1) is 0 Å². The van der Waals surface area contributed by atoms with Crippen molar-refractivity contribution in [3.8, 4) is 5.75 Å². The summed E-state index contributed by atoms with van der Waals surface area (Å²) < 4.78 is 6.46. The number of anilines is 1. The summed E-state index contributed by atoms with van der Waals surface area (Å²) in [6.45, 7) is 3.95. The van der Waals surface area contributed by atoms with E-state index in [9.17, 15) is 4.79 Å². The molecule has 1 saturated heterocycles. The molecule has 1 aliphatic heterocycles. The smallest absolute Gasteiger partial charge is 0.270 e. The number of carbonyl (C=O) groups is 1. The van der Waals surface area contributed by atoms with Crippen LogP contribution in [0.3, 0.4) is 0 Å². The van der Waals surface area contributed by atoms with Gasteiger partial charge in [-0.05, 0) is 55.0 Å². The van der Waals surface area contributed by atoms with Gasteiger partial charge in [0.25, 0.3) is 5.91 Å². The summed E-state index contributed by atoms with van der Waals surface area (Å²) in [5, 5.41) is 2.87. The Hall–Kier alpha value is -2.05. The highest BCUT2D eigenvalue weighted by Crippen LogP contribution is 2.40. The first-order valence-corrected chi connectivity index (χ1v) is 11.2. The van der Waals surface area contributed by atoms with Gasteiger partial charge in [0.05, 0.1) is 26.7 Å². The average molecular weight is 474 g/mol. The molecule has 3 aromatic rings. The summed E-state index contributed by atoms with van der Waals surface area (Å²) in [5.41, 5.74) is 1.45. The highest BCUT2D eigenvalue weighted by molar-refractivity contribution is 8.27. The average Bonchev–Trinajstić information content (AvgIpc) is 2.99. The Morgan fingerprint density at radius 1 is 1.07 bits per heavy atom. The minimum absolute atomic E-state index is 0.00373. The predicted octanol–water partition coefficient (Wildman–Crippen LogP) is 7.34. The highest BCUT2D eigenvalue weighted by atomic mass is 35.5. The Labute approximate surface area is 194 Å². The van der Waals surface area contributed by atoms with Gasteiger partial charge >= 0.3 is 0 Å². The minimum atomic E-state index is -0.202. The summed E-state index contributed by atoms with van der Waals surface area (Å²) in [6, 6.07) is 17.0. The maximum atomic E-state index is 13.2. The summed E-state index contributed by atoms with van der Waals surface area (Å²) in [6.07, 6.45) is 1.86. The third-order valence-electron chi connectivity index (χ3n) is 4.52. The van der Waals surface area contributed by atoms with Crippen molar-refractivity contribution < 1.29 is 9.53 Å². The maximum absolute atomic E-state index is 13.2. The van der Waals surface area contributed by atoms with Gasteiger partial charge in [0.2, 0.25) is 0 Å². The number of nitrogens with zero attached hydrogens (tertiary/aromatic N) is 1. The zero-order valence-electron chi connectivity index (χ0n) is 16.2. The Morgan fingerprint density at radius 3 is 2.57 bits per heavy atom. The van der Waals surface area contributed by atoms with Crippen molar-refractivity contribution in [1.29, 1.82) is 0 Å². The van der Waals surface area contributed by atoms with Crippen molar-refractivity contribution in [1.82, 2.24) is 0 Å². The van der Waals surface area contributed by atoms with Crippen molar-refractivity contribution in [2.45, 2.75) is 20.0 Å². The third-order valence-corrected chi connectivity index (χ3v) is 6.57. The van der Waals surface area contributed by atoms with Crippen LogP contribution in [0.5, 0.6) is 5.75 Å². The molecule has 3 nitrogen and oxygen atoms in total. The van der Waals surface area contributed by atoms with Crippen molar-refractivity contribution >= 4 is 79.9 Å². The number of halogens is 2. The van der Waals surface area contributed by atoms with E-state index in [2.05, 4.69) is 0 Å². The zero-order chi connectivity index (χ0) is 21.4. The van der Waals surface area contributed by atoms with E-state index in [-0.39, 0.29) is 12.0 Å². The van der Waals surface area contributed by atoms with Gasteiger partial charge in [-0.25, -0.2) is 0 Å². The largest absolute Gasteiger partial charge is 0.490 e. The summed E-state index contributed by atoms with van der Waals surface area (Å²) in [5.74, 6) is 0.523. The van der Waals surface area contributed by atoms with Crippen molar-refractivity contribution in [3.05, 3.63) is 75.1 Å². The lowest BCUT2D eigenvalue weighted by atomic mass is 10.0. The second-order valence-corrected chi connectivity index (χ2v) is 9.47. The van der Waals surface area contributed by atoms with Gasteiger partial charge in [0.1, 0.15) is 5.75 Å². The standard InChI is InChI=1S/C23H17Cl2NO2S2/c1-13(2)28-20-10-7-14-5-3-4-6-16(14)17(20)12-21-22(27)26(23(29)30-21)15-8-9-18(24)19(25)11-15/h3-13H,1-2H3/b21-12-. The van der Waals surface area contributed by atoms with Crippen LogP contribution in [0.2, 0.25) is 10.0 Å². The molecule has 0 aliphatic carbocycles. The molecular weight excluding hydrogens is 457 g/mol. The summed E-state index contributed by atoms with van der Waals surface area (Å²) in [7, 11) is 0. The lowest BCUT2D eigenvalue weighted by Gasteiger charge is -2.16. The van der Waals surface area contributed by atoms with Gasteiger partial charge in [0, 0.05) is 5.56 Å². The summed E-state index contributed by atoms with van der Waals surface area (Å²) in [4.78, 5) is 15.2. The predicted molar refractivity (Wildman–Crippen MR) is 132 cm³/mol. The number of hydrogen-bond acceptors (Lipinski definition) is 4. The topological polar surface area (TPSA) is 29.5 Å². The van der Waals surface area contributed by atoms with E-state index in [4.69, 9.17) is 40.2 Å². The number of ether oxygens (including phenoxy) is 1. The molecule has 3 aromatic carbocycles. The van der Waals surface area contributed by atoms with E-state index >= 15 is 0 Å². The molecule has 30 heavy (non-hydrogen) atoms. The van der Waals surface area contributed by atoms with Crippen LogP contribution < -0.4 is 9.64 Å². The highest BCUT2D eigenvalue weighted by Gasteiger charge is 2.34. The number of hydrogen-bond donors (Lipinski definition) is 0. The molecule has 1 fully saturated rings. The van der Waals surface area contributed by atoms with Crippen molar-refractivity contribution in [2.24, 2.45) is 0 Å². The first-order chi connectivity index (χ1) is 14.3. The molecule has 0 aromatic heterocycles. The van der Waals surface area contributed by atoms with Crippen LogP contribution in [-0.2, 0) is 4.79 Å². The first-order valence-electron chi connectivity index (χ1n) is 9.26. The quantitative estimate of drug-likeness (QED) is 0.292. The van der Waals surface area contributed by atoms with Gasteiger partial charge in [0.15, 0.2) is 4.32 Å². The van der Waals surface area contributed by atoms with Crippen LogP contribution in [0.15, 0.2) is 59.5 Å². The molecule has 0 spiro atoms. The SMILES string of the molecule is CC(C)Oc1ccc2ccccc2c1/C=C1\SC(=S)N(c2ccc(Cl)c(Cl)c2)C1=O. The van der Waals surface area contributed by atoms with Crippen LogP contribution in [0.1, 0.15) is 19.4 Å². The van der Waals surface area contributed by atoms with E-state index in [0.717, 1.165) is 22.1 Å². The molecule has 7 heteroatoms. The minimum Gasteiger partial charge on any atom is -0.490 e. The fourth-order valence-corrected chi connectivity index (χ4v) is 4.80. The number of fused-ring (bicyclic) bond motifs is 1. The monoisotopic (exact) mass is 473 g/mol. The number of benzene rings is 3. The fraction of sp³-hybridized carbons (Fsp3) is 0.130. The van der Waals surface area contributed by atoms with E-state index in [0.29, 0.717) is 25.0 Å². The molecule has 1 heterocycles. The normalized spacial score (nSPS) is 15.6. The van der Waals surface area contributed by atoms with Crippen LogP contribution in [-0.4, -0.2) is 16.3 Å². The van der Waals surface area contributed by atoms with Crippen LogP contribution in [0.25, 0.3) is 16.8 Å². The van der Waals surface area contributed by atoms with E-state index in [1.54, 1.807) is 18.2 Å². The molecule has 0 bridgehead atoms. The Bertz CT molecular complexity index is 1210. The lowest BCUT2D eigenvalue weighted by Crippen LogP contribution is -2.27. The van der Waals surface area contributed by atoms with Gasteiger partial charge in [-0.3, -0.25) is 9.69 Å². The van der Waals surface area contributed by atoms with E-state index in [1.165, 1.54) is 16.7 Å². The van der Waals surface area contributed by atoms with E-state index in [1.807, 2.05) is 56.3 Å². The Kier molecular flexibility index (Phi) is 6.07. The number of rotatable bonds is 4. The van der Waals surface area contributed by atoms with Gasteiger partial charge in [-0.2, -0.15) is 0 Å². The first kappa shape index (κ1) is 21.2. The Balaban J connectivity index is 1.80.